The van der Waals surface area contributed by atoms with E-state index in [1.54, 1.807) is 12.1 Å². The van der Waals surface area contributed by atoms with Crippen molar-refractivity contribution in [3.05, 3.63) is 74.3 Å². The molecule has 2 rings (SSSR count). The molecule has 8 nitrogen and oxygen atoms in total. The molecule has 0 spiro atoms. The van der Waals surface area contributed by atoms with Gasteiger partial charge in [0, 0.05) is 6.07 Å². The lowest BCUT2D eigenvalue weighted by molar-refractivity contribution is -0.393. The average Bonchev–Trinajstić information content (AvgIpc) is 2.56. The maximum Gasteiger partial charge on any atom is 0.301 e. The molecule has 0 atom stereocenters. The number of rotatable bonds is 6. The minimum absolute atomic E-state index is 0.0409. The summed E-state index contributed by atoms with van der Waals surface area (Å²) >= 11 is 5.84. The zero-order valence-corrected chi connectivity index (χ0v) is 12.4. The second-order valence-electron chi connectivity index (χ2n) is 4.39. The van der Waals surface area contributed by atoms with Gasteiger partial charge in [-0.25, -0.2) is 0 Å². The molecule has 0 unspecified atom stereocenters. The lowest BCUT2D eigenvalue weighted by Gasteiger charge is -2.06. The Morgan fingerprint density at radius 2 is 1.78 bits per heavy atom. The van der Waals surface area contributed by atoms with Gasteiger partial charge in [-0.05, 0) is 11.6 Å². The molecule has 0 heterocycles. The van der Waals surface area contributed by atoms with Crippen molar-refractivity contribution in [2.75, 3.05) is 11.3 Å². The van der Waals surface area contributed by atoms with Gasteiger partial charge in [-0.2, -0.15) is 5.10 Å². The number of benzene rings is 2. The molecule has 2 aromatic rings. The number of nitrogens with zero attached hydrogens (tertiary/aromatic N) is 3. The van der Waals surface area contributed by atoms with Crippen LogP contribution in [0.4, 0.5) is 17.1 Å². The number of hydrogen-bond acceptors (Lipinski definition) is 6. The Kier molecular flexibility index (Phi) is 5.21. The molecule has 0 saturated heterocycles. The van der Waals surface area contributed by atoms with Crippen molar-refractivity contribution in [1.29, 1.82) is 0 Å². The van der Waals surface area contributed by atoms with Crippen molar-refractivity contribution in [2.45, 2.75) is 0 Å². The molecule has 118 valence electrons. The predicted octanol–water partition coefficient (Wildman–Crippen LogP) is 3.56. The summed E-state index contributed by atoms with van der Waals surface area (Å²) in [5.41, 5.74) is 3.03. The van der Waals surface area contributed by atoms with E-state index in [0.29, 0.717) is 5.71 Å². The fourth-order valence-corrected chi connectivity index (χ4v) is 2.02. The summed E-state index contributed by atoms with van der Waals surface area (Å²) in [7, 11) is 0. The van der Waals surface area contributed by atoms with E-state index in [9.17, 15) is 20.2 Å². The van der Waals surface area contributed by atoms with Gasteiger partial charge in [0.2, 0.25) is 0 Å². The summed E-state index contributed by atoms with van der Waals surface area (Å²) in [6.07, 6.45) is 0. The van der Waals surface area contributed by atoms with Crippen LogP contribution < -0.4 is 5.43 Å². The molecule has 2 aromatic carbocycles. The first-order valence-corrected chi connectivity index (χ1v) is 6.93. The summed E-state index contributed by atoms with van der Waals surface area (Å²) in [6.45, 7) is 0. The fraction of sp³-hybridized carbons (Fsp3) is 0.0714. The molecule has 0 bridgehead atoms. The Hall–Kier alpha value is -3.00. The second kappa shape index (κ2) is 7.32. The minimum Gasteiger partial charge on any atom is -0.271 e. The van der Waals surface area contributed by atoms with Crippen LogP contribution in [0.3, 0.4) is 0 Å². The fourth-order valence-electron chi connectivity index (χ4n) is 1.81. The van der Waals surface area contributed by atoms with E-state index < -0.39 is 15.5 Å². The highest BCUT2D eigenvalue weighted by atomic mass is 35.5. The number of nitro benzene ring substituents is 2. The summed E-state index contributed by atoms with van der Waals surface area (Å²) in [5, 5.41) is 25.8. The third-order valence-electron chi connectivity index (χ3n) is 2.93. The quantitative estimate of drug-likeness (QED) is 0.376. The van der Waals surface area contributed by atoms with E-state index in [-0.39, 0.29) is 17.3 Å². The van der Waals surface area contributed by atoms with Crippen LogP contribution in [0, 0.1) is 20.2 Å². The first kappa shape index (κ1) is 16.4. The predicted molar refractivity (Wildman–Crippen MR) is 87.1 cm³/mol. The Bertz CT molecular complexity index is 765. The normalized spacial score (nSPS) is 11.1. The van der Waals surface area contributed by atoms with Gasteiger partial charge in [0.05, 0.1) is 27.5 Å². The Labute approximate surface area is 135 Å². The molecule has 0 saturated carbocycles. The molecule has 0 amide bonds. The highest BCUT2D eigenvalue weighted by Gasteiger charge is 2.19. The highest BCUT2D eigenvalue weighted by molar-refractivity contribution is 6.31. The van der Waals surface area contributed by atoms with Gasteiger partial charge in [-0.1, -0.05) is 30.3 Å². The van der Waals surface area contributed by atoms with Crippen LogP contribution in [-0.2, 0) is 0 Å². The number of nitro groups is 2. The maximum atomic E-state index is 11.0. The average molecular weight is 335 g/mol. The van der Waals surface area contributed by atoms with Crippen LogP contribution in [0.1, 0.15) is 5.56 Å². The van der Waals surface area contributed by atoms with Gasteiger partial charge in [0.1, 0.15) is 5.69 Å². The number of hydrogen-bond donors (Lipinski definition) is 1. The molecule has 0 radical (unpaired) electrons. The Balaban J connectivity index is 2.33. The smallest absolute Gasteiger partial charge is 0.271 e. The summed E-state index contributed by atoms with van der Waals surface area (Å²) in [6, 6.07) is 12.3. The maximum absolute atomic E-state index is 11.0. The minimum atomic E-state index is -0.715. The summed E-state index contributed by atoms with van der Waals surface area (Å²) < 4.78 is 0. The van der Waals surface area contributed by atoms with Gasteiger partial charge >= 0.3 is 5.69 Å². The number of non-ortho nitro benzene ring substituents is 1. The van der Waals surface area contributed by atoms with Gasteiger partial charge < -0.3 is 0 Å². The molecule has 0 fully saturated rings. The SMILES string of the molecule is O=[N+]([O-])c1ccc(N/N=C(\CCl)c2ccccc2)c([N+](=O)[O-])c1. The Morgan fingerprint density at radius 3 is 2.35 bits per heavy atom. The molecule has 0 aliphatic rings. The van der Waals surface area contributed by atoms with Crippen LogP contribution in [0.25, 0.3) is 0 Å². The van der Waals surface area contributed by atoms with Crippen molar-refractivity contribution in [2.24, 2.45) is 5.10 Å². The van der Waals surface area contributed by atoms with Crippen molar-refractivity contribution < 1.29 is 9.85 Å². The van der Waals surface area contributed by atoms with Crippen molar-refractivity contribution >= 4 is 34.4 Å². The molecule has 23 heavy (non-hydrogen) atoms. The molecular formula is C14H11ClN4O4. The first-order valence-electron chi connectivity index (χ1n) is 6.39. The third-order valence-corrected chi connectivity index (χ3v) is 3.19. The van der Waals surface area contributed by atoms with Gasteiger partial charge in [-0.15, -0.1) is 11.6 Å². The van der Waals surface area contributed by atoms with Crippen LogP contribution in [-0.4, -0.2) is 21.4 Å². The Morgan fingerprint density at radius 1 is 1.09 bits per heavy atom. The zero-order valence-electron chi connectivity index (χ0n) is 11.7. The number of halogens is 1. The molecule has 0 aromatic heterocycles. The largest absolute Gasteiger partial charge is 0.301 e. The van der Waals surface area contributed by atoms with Crippen molar-refractivity contribution in [1.82, 2.24) is 0 Å². The monoisotopic (exact) mass is 334 g/mol. The van der Waals surface area contributed by atoms with E-state index >= 15 is 0 Å². The van der Waals surface area contributed by atoms with Crippen LogP contribution in [0.5, 0.6) is 0 Å². The van der Waals surface area contributed by atoms with E-state index in [1.165, 1.54) is 6.07 Å². The lowest BCUT2D eigenvalue weighted by atomic mass is 10.1. The number of hydrazone groups is 1. The molecule has 0 aliphatic carbocycles. The van der Waals surface area contributed by atoms with E-state index in [2.05, 4.69) is 10.5 Å². The van der Waals surface area contributed by atoms with Gasteiger partial charge in [0.15, 0.2) is 0 Å². The molecule has 1 N–H and O–H groups in total. The van der Waals surface area contributed by atoms with Crippen molar-refractivity contribution in [3.8, 4) is 0 Å². The number of anilines is 1. The van der Waals surface area contributed by atoms with Crippen molar-refractivity contribution in [3.63, 3.8) is 0 Å². The first-order chi connectivity index (χ1) is 11.0. The highest BCUT2D eigenvalue weighted by Crippen LogP contribution is 2.29. The van der Waals surface area contributed by atoms with Gasteiger partial charge in [-0.3, -0.25) is 25.7 Å². The standard InChI is InChI=1S/C14H11ClN4O4/c15-9-13(10-4-2-1-3-5-10)17-16-12-7-6-11(18(20)21)8-14(12)19(22)23/h1-8,16H,9H2/b17-13+. The molecular weight excluding hydrogens is 324 g/mol. The lowest BCUT2D eigenvalue weighted by Crippen LogP contribution is -2.07. The zero-order chi connectivity index (χ0) is 16.8. The summed E-state index contributed by atoms with van der Waals surface area (Å²) in [5.74, 6) is 0.0950. The van der Waals surface area contributed by atoms with Crippen LogP contribution in [0.2, 0.25) is 0 Å². The van der Waals surface area contributed by atoms with Crippen LogP contribution >= 0.6 is 11.6 Å². The van der Waals surface area contributed by atoms with Gasteiger partial charge in [0.25, 0.3) is 5.69 Å². The van der Waals surface area contributed by atoms with Crippen LogP contribution in [0.15, 0.2) is 53.6 Å². The van der Waals surface area contributed by atoms with E-state index in [4.69, 9.17) is 11.6 Å². The second-order valence-corrected chi connectivity index (χ2v) is 4.65. The number of alkyl halides is 1. The van der Waals surface area contributed by atoms with E-state index in [0.717, 1.165) is 17.7 Å². The third kappa shape index (κ3) is 4.01. The number of nitrogens with one attached hydrogen (secondary N) is 1. The molecule has 0 aliphatic heterocycles. The summed E-state index contributed by atoms with van der Waals surface area (Å²) in [4.78, 5) is 20.3. The van der Waals surface area contributed by atoms with E-state index in [1.807, 2.05) is 18.2 Å². The topological polar surface area (TPSA) is 111 Å². The molecule has 9 heteroatoms.